The summed E-state index contributed by atoms with van der Waals surface area (Å²) in [4.78, 5) is 27.3. The van der Waals surface area contributed by atoms with Gasteiger partial charge in [-0.05, 0) is 66.6 Å². The molecular formula is C27H22F3NO5. The van der Waals surface area contributed by atoms with Crippen LogP contribution in [0.15, 0.2) is 78.4 Å². The van der Waals surface area contributed by atoms with Gasteiger partial charge in [0.2, 0.25) is 0 Å². The summed E-state index contributed by atoms with van der Waals surface area (Å²) in [6.07, 6.45) is -4.58. The number of carbonyl (C=O) groups excluding carboxylic acids is 2. The molecule has 1 heterocycles. The van der Waals surface area contributed by atoms with Crippen LogP contribution in [0.3, 0.4) is 0 Å². The minimum atomic E-state index is -4.58. The molecule has 0 aromatic heterocycles. The van der Waals surface area contributed by atoms with Crippen LogP contribution in [0.5, 0.6) is 11.5 Å². The number of halogens is 3. The first-order valence-electron chi connectivity index (χ1n) is 11.1. The Morgan fingerprint density at radius 2 is 1.67 bits per heavy atom. The fourth-order valence-corrected chi connectivity index (χ4v) is 4.12. The number of phenolic OH excluding ortho intramolecular Hbond substituents is 1. The van der Waals surface area contributed by atoms with Crippen molar-refractivity contribution in [1.82, 2.24) is 4.90 Å². The van der Waals surface area contributed by atoms with E-state index >= 15 is 0 Å². The Labute approximate surface area is 204 Å². The van der Waals surface area contributed by atoms with Crippen LogP contribution >= 0.6 is 0 Å². The minimum absolute atomic E-state index is 0.0555. The molecule has 0 aliphatic carbocycles. The van der Waals surface area contributed by atoms with Crippen LogP contribution in [-0.2, 0) is 22.3 Å². The van der Waals surface area contributed by atoms with Crippen LogP contribution in [0.2, 0.25) is 0 Å². The van der Waals surface area contributed by atoms with Crippen molar-refractivity contribution in [3.63, 3.8) is 0 Å². The number of carbonyl (C=O) groups is 2. The normalized spacial score (nSPS) is 17.4. The number of aliphatic hydroxyl groups is 1. The Hall–Kier alpha value is -4.27. The fraction of sp³-hybridized carbons (Fsp3) is 0.185. The van der Waals surface area contributed by atoms with Crippen molar-refractivity contribution in [2.45, 2.75) is 25.7 Å². The van der Waals surface area contributed by atoms with Crippen LogP contribution in [0, 0.1) is 0 Å². The summed E-state index contributed by atoms with van der Waals surface area (Å²) >= 11 is 0. The lowest BCUT2D eigenvalue weighted by Crippen LogP contribution is -2.29. The molecule has 0 saturated carbocycles. The molecular weight excluding hydrogens is 475 g/mol. The molecule has 0 spiro atoms. The predicted molar refractivity (Wildman–Crippen MR) is 125 cm³/mol. The summed E-state index contributed by atoms with van der Waals surface area (Å²) in [7, 11) is 0. The minimum Gasteiger partial charge on any atom is -0.508 e. The SMILES string of the molecule is CCOc1ccc(/C(O)=C2\C(=O)C(=O)N(Cc3cccc(C(F)(F)F)c3)C2c2ccc(O)cc2)cc1. The maximum Gasteiger partial charge on any atom is 0.416 e. The average molecular weight is 497 g/mol. The number of ketones is 1. The van der Waals surface area contributed by atoms with E-state index in [4.69, 9.17) is 4.74 Å². The number of benzene rings is 3. The maximum atomic E-state index is 13.2. The molecule has 1 aliphatic heterocycles. The maximum absolute atomic E-state index is 13.2. The molecule has 0 bridgehead atoms. The monoisotopic (exact) mass is 497 g/mol. The number of aliphatic hydroxyl groups excluding tert-OH is 1. The van der Waals surface area contributed by atoms with Gasteiger partial charge in [0.1, 0.15) is 17.3 Å². The van der Waals surface area contributed by atoms with Gasteiger partial charge in [-0.1, -0.05) is 24.3 Å². The molecule has 3 aromatic carbocycles. The second-order valence-corrected chi connectivity index (χ2v) is 8.17. The van der Waals surface area contributed by atoms with E-state index in [1.165, 1.54) is 48.5 Å². The van der Waals surface area contributed by atoms with Gasteiger partial charge in [0.15, 0.2) is 0 Å². The zero-order chi connectivity index (χ0) is 26.0. The van der Waals surface area contributed by atoms with Crippen molar-refractivity contribution in [3.8, 4) is 11.5 Å². The molecule has 1 unspecified atom stereocenters. The molecule has 0 radical (unpaired) electrons. The van der Waals surface area contributed by atoms with Gasteiger partial charge >= 0.3 is 6.18 Å². The predicted octanol–water partition coefficient (Wildman–Crippen LogP) is 5.43. The van der Waals surface area contributed by atoms with E-state index in [0.29, 0.717) is 17.9 Å². The Bertz CT molecular complexity index is 1310. The highest BCUT2D eigenvalue weighted by molar-refractivity contribution is 6.46. The van der Waals surface area contributed by atoms with Gasteiger partial charge in [0.25, 0.3) is 11.7 Å². The summed E-state index contributed by atoms with van der Waals surface area (Å²) < 4.78 is 45.1. The van der Waals surface area contributed by atoms with Crippen LogP contribution < -0.4 is 4.74 Å². The van der Waals surface area contributed by atoms with E-state index in [1.54, 1.807) is 12.1 Å². The van der Waals surface area contributed by atoms with Gasteiger partial charge < -0.3 is 19.8 Å². The summed E-state index contributed by atoms with van der Waals surface area (Å²) in [5, 5.41) is 20.8. The third-order valence-electron chi connectivity index (χ3n) is 5.79. The summed E-state index contributed by atoms with van der Waals surface area (Å²) in [5.41, 5.74) is -0.267. The molecule has 186 valence electrons. The standard InChI is InChI=1S/C27H22F3NO5/c1-2-36-21-12-8-18(9-13-21)24(33)22-23(17-6-10-20(32)11-7-17)31(26(35)25(22)34)15-16-4-3-5-19(14-16)27(28,29)30/h3-14,23,32-33H,2,15H2,1H3/b24-22+. The number of aromatic hydroxyl groups is 1. The zero-order valence-corrected chi connectivity index (χ0v) is 19.1. The molecule has 1 aliphatic rings. The van der Waals surface area contributed by atoms with Crippen LogP contribution in [0.4, 0.5) is 13.2 Å². The first-order valence-corrected chi connectivity index (χ1v) is 11.1. The molecule has 36 heavy (non-hydrogen) atoms. The summed E-state index contributed by atoms with van der Waals surface area (Å²) in [6, 6.07) is 15.4. The topological polar surface area (TPSA) is 87.1 Å². The van der Waals surface area contributed by atoms with Gasteiger partial charge in [-0.25, -0.2) is 0 Å². The smallest absolute Gasteiger partial charge is 0.416 e. The number of phenols is 1. The Morgan fingerprint density at radius 3 is 2.28 bits per heavy atom. The van der Waals surface area contributed by atoms with Gasteiger partial charge in [-0.2, -0.15) is 13.2 Å². The second kappa shape index (κ2) is 9.77. The number of alkyl halides is 3. The Kier molecular flexibility index (Phi) is 6.74. The first kappa shape index (κ1) is 24.8. The highest BCUT2D eigenvalue weighted by Gasteiger charge is 2.46. The molecule has 1 saturated heterocycles. The van der Waals surface area contributed by atoms with Crippen molar-refractivity contribution in [3.05, 3.63) is 101 Å². The molecule has 6 nitrogen and oxygen atoms in total. The Balaban J connectivity index is 1.80. The molecule has 9 heteroatoms. The van der Waals surface area contributed by atoms with Crippen LogP contribution in [-0.4, -0.2) is 33.4 Å². The third-order valence-corrected chi connectivity index (χ3v) is 5.79. The quantitative estimate of drug-likeness (QED) is 0.269. The van der Waals surface area contributed by atoms with E-state index in [0.717, 1.165) is 17.0 Å². The number of Topliss-reactive ketones (excluding diaryl/α,β-unsaturated/α-hetero) is 1. The van der Waals surface area contributed by atoms with Crippen molar-refractivity contribution in [2.75, 3.05) is 6.61 Å². The van der Waals surface area contributed by atoms with Crippen molar-refractivity contribution in [2.24, 2.45) is 0 Å². The largest absolute Gasteiger partial charge is 0.508 e. The van der Waals surface area contributed by atoms with E-state index in [9.17, 15) is 33.0 Å². The van der Waals surface area contributed by atoms with Crippen molar-refractivity contribution < 1.29 is 37.7 Å². The van der Waals surface area contributed by atoms with Gasteiger partial charge in [0.05, 0.1) is 23.8 Å². The lowest BCUT2D eigenvalue weighted by Gasteiger charge is -2.26. The number of likely N-dealkylation sites (tertiary alicyclic amines) is 1. The second-order valence-electron chi connectivity index (χ2n) is 8.17. The van der Waals surface area contributed by atoms with Gasteiger partial charge in [-0.3, -0.25) is 9.59 Å². The summed E-state index contributed by atoms with van der Waals surface area (Å²) in [6.45, 7) is 1.95. The molecule has 1 fully saturated rings. The number of ether oxygens (including phenoxy) is 1. The molecule has 2 N–H and O–H groups in total. The molecule has 3 aromatic rings. The van der Waals surface area contributed by atoms with E-state index in [-0.39, 0.29) is 29.0 Å². The van der Waals surface area contributed by atoms with Crippen molar-refractivity contribution >= 4 is 17.4 Å². The number of rotatable bonds is 6. The molecule has 1 amide bonds. The number of hydrogen-bond donors (Lipinski definition) is 2. The van der Waals surface area contributed by atoms with E-state index < -0.39 is 35.2 Å². The van der Waals surface area contributed by atoms with Crippen LogP contribution in [0.1, 0.15) is 35.2 Å². The van der Waals surface area contributed by atoms with Crippen molar-refractivity contribution in [1.29, 1.82) is 0 Å². The summed E-state index contributed by atoms with van der Waals surface area (Å²) in [5.74, 6) is -1.86. The lowest BCUT2D eigenvalue weighted by atomic mass is 9.95. The highest BCUT2D eigenvalue weighted by atomic mass is 19.4. The van der Waals surface area contributed by atoms with Crippen LogP contribution in [0.25, 0.3) is 5.76 Å². The lowest BCUT2D eigenvalue weighted by molar-refractivity contribution is -0.140. The Morgan fingerprint density at radius 1 is 1.00 bits per heavy atom. The number of hydrogen-bond acceptors (Lipinski definition) is 5. The van der Waals surface area contributed by atoms with E-state index in [2.05, 4.69) is 0 Å². The third kappa shape index (κ3) is 4.91. The fourth-order valence-electron chi connectivity index (χ4n) is 4.12. The molecule has 1 atom stereocenters. The highest BCUT2D eigenvalue weighted by Crippen LogP contribution is 2.41. The van der Waals surface area contributed by atoms with E-state index in [1.807, 2.05) is 6.92 Å². The zero-order valence-electron chi connectivity index (χ0n) is 19.1. The van der Waals surface area contributed by atoms with Gasteiger partial charge in [0, 0.05) is 12.1 Å². The van der Waals surface area contributed by atoms with Gasteiger partial charge in [-0.15, -0.1) is 0 Å². The number of nitrogens with zero attached hydrogens (tertiary/aromatic N) is 1. The average Bonchev–Trinajstić information content (AvgIpc) is 3.09. The molecule has 4 rings (SSSR count). The number of amides is 1. The first-order chi connectivity index (χ1) is 17.1.